The van der Waals surface area contributed by atoms with Gasteiger partial charge in [-0.1, -0.05) is 6.08 Å². The highest BCUT2D eigenvalue weighted by molar-refractivity contribution is 5.99. The van der Waals surface area contributed by atoms with Crippen LogP contribution in [0, 0.1) is 11.8 Å². The molecule has 0 radical (unpaired) electrons. The van der Waals surface area contributed by atoms with Crippen molar-refractivity contribution in [3.05, 3.63) is 35.1 Å². The molecular weight excluding hydrogens is 306 g/mol. The molecule has 3 rings (SSSR count). The average molecular weight is 331 g/mol. The second-order valence-corrected chi connectivity index (χ2v) is 6.56. The fourth-order valence-corrected chi connectivity index (χ4v) is 3.61. The molecule has 2 unspecified atom stereocenters. The summed E-state index contributed by atoms with van der Waals surface area (Å²) in [6.07, 6.45) is 9.09. The standard InChI is InChI=1S/C19H25NO4/c1-3-24-19(22)17-12-20(9-7-18(17)21)8-6-14-10-13-4-5-15(23-2)11-16(13)14/h5-6,11,13,17H,3-4,7-10,12H2,1-2H3. The molecule has 2 fully saturated rings. The largest absolute Gasteiger partial charge is 0.497 e. The summed E-state index contributed by atoms with van der Waals surface area (Å²) in [4.78, 5) is 26.0. The van der Waals surface area contributed by atoms with Gasteiger partial charge in [0, 0.05) is 26.1 Å². The number of likely N-dealkylation sites (tertiary alicyclic amines) is 1. The molecule has 1 aliphatic heterocycles. The van der Waals surface area contributed by atoms with E-state index in [1.807, 2.05) is 0 Å². The molecule has 2 aliphatic carbocycles. The van der Waals surface area contributed by atoms with Crippen LogP contribution in [0.4, 0.5) is 0 Å². The molecule has 3 aliphatic rings. The van der Waals surface area contributed by atoms with E-state index in [0.29, 0.717) is 32.0 Å². The Hall–Kier alpha value is -1.88. The summed E-state index contributed by atoms with van der Waals surface area (Å²) in [5.41, 5.74) is 2.75. The molecular formula is C19H25NO4. The van der Waals surface area contributed by atoms with Crippen LogP contribution in [-0.2, 0) is 19.1 Å². The summed E-state index contributed by atoms with van der Waals surface area (Å²) in [6.45, 7) is 4.03. The van der Waals surface area contributed by atoms with Crippen LogP contribution >= 0.6 is 0 Å². The second kappa shape index (κ2) is 7.34. The third-order valence-electron chi connectivity index (χ3n) is 5.08. The van der Waals surface area contributed by atoms with Gasteiger partial charge < -0.3 is 9.47 Å². The minimum atomic E-state index is -0.622. The molecule has 0 amide bonds. The minimum absolute atomic E-state index is 0.00548. The number of ether oxygens (including phenoxy) is 2. The normalized spacial score (nSPS) is 28.6. The number of methoxy groups -OCH3 is 1. The monoisotopic (exact) mass is 331 g/mol. The number of carbonyl (C=O) groups is 2. The molecule has 0 N–H and O–H groups in total. The van der Waals surface area contributed by atoms with Gasteiger partial charge in [0.25, 0.3) is 0 Å². The predicted octanol–water partition coefficient (Wildman–Crippen LogP) is 2.25. The first-order valence-electron chi connectivity index (χ1n) is 8.69. The molecule has 5 heteroatoms. The SMILES string of the molecule is CCOC(=O)C1CN(CC=C2CC3CC=C(OC)C=C23)CCC1=O. The van der Waals surface area contributed by atoms with Gasteiger partial charge in [-0.05, 0) is 49.0 Å². The van der Waals surface area contributed by atoms with Gasteiger partial charge in [-0.3, -0.25) is 14.5 Å². The Kier molecular flexibility index (Phi) is 5.19. The van der Waals surface area contributed by atoms with Gasteiger partial charge in [0.15, 0.2) is 0 Å². The molecule has 0 spiro atoms. The number of Topliss-reactive ketones (excluding diaryl/α,β-unsaturated/α-hetero) is 1. The zero-order valence-electron chi connectivity index (χ0n) is 14.4. The number of rotatable bonds is 5. The highest BCUT2D eigenvalue weighted by Crippen LogP contribution is 2.44. The van der Waals surface area contributed by atoms with Crippen molar-refractivity contribution in [3.8, 4) is 0 Å². The number of fused-ring (bicyclic) bond motifs is 1. The van der Waals surface area contributed by atoms with E-state index in [1.165, 1.54) is 11.1 Å². The van der Waals surface area contributed by atoms with Crippen LogP contribution < -0.4 is 0 Å². The summed E-state index contributed by atoms with van der Waals surface area (Å²) in [7, 11) is 1.70. The minimum Gasteiger partial charge on any atom is -0.497 e. The van der Waals surface area contributed by atoms with E-state index in [-0.39, 0.29) is 11.8 Å². The first-order valence-corrected chi connectivity index (χ1v) is 8.69. The van der Waals surface area contributed by atoms with Crippen LogP contribution in [0.5, 0.6) is 0 Å². The zero-order chi connectivity index (χ0) is 17.1. The van der Waals surface area contributed by atoms with Crippen molar-refractivity contribution in [1.82, 2.24) is 4.90 Å². The van der Waals surface area contributed by atoms with E-state index in [9.17, 15) is 9.59 Å². The summed E-state index contributed by atoms with van der Waals surface area (Å²) in [5.74, 6) is 0.575. The highest BCUT2D eigenvalue weighted by Gasteiger charge is 2.34. The first-order chi connectivity index (χ1) is 11.6. The van der Waals surface area contributed by atoms with Gasteiger partial charge in [0.05, 0.1) is 13.7 Å². The Morgan fingerprint density at radius 3 is 3.04 bits per heavy atom. The second-order valence-electron chi connectivity index (χ2n) is 6.56. The van der Waals surface area contributed by atoms with E-state index in [1.54, 1.807) is 14.0 Å². The van der Waals surface area contributed by atoms with E-state index in [0.717, 1.165) is 25.1 Å². The molecule has 0 bridgehead atoms. The van der Waals surface area contributed by atoms with Crippen LogP contribution in [0.1, 0.15) is 26.2 Å². The molecule has 0 aromatic rings. The van der Waals surface area contributed by atoms with Crippen LogP contribution in [0.15, 0.2) is 35.1 Å². The summed E-state index contributed by atoms with van der Waals surface area (Å²) in [5, 5.41) is 0. The first kappa shape index (κ1) is 17.0. The Labute approximate surface area is 143 Å². The maximum atomic E-state index is 11.9. The third kappa shape index (κ3) is 3.46. The lowest BCUT2D eigenvalue weighted by Gasteiger charge is -2.36. The van der Waals surface area contributed by atoms with Crippen LogP contribution in [0.3, 0.4) is 0 Å². The van der Waals surface area contributed by atoms with Crippen LogP contribution in [0.25, 0.3) is 0 Å². The van der Waals surface area contributed by atoms with Gasteiger partial charge in [-0.25, -0.2) is 0 Å². The molecule has 1 heterocycles. The van der Waals surface area contributed by atoms with Crippen LogP contribution in [-0.4, -0.2) is 50.0 Å². The van der Waals surface area contributed by atoms with Crippen molar-refractivity contribution < 1.29 is 19.1 Å². The fourth-order valence-electron chi connectivity index (χ4n) is 3.61. The maximum absolute atomic E-state index is 11.9. The van der Waals surface area contributed by atoms with Crippen molar-refractivity contribution in [2.45, 2.75) is 26.2 Å². The summed E-state index contributed by atoms with van der Waals surface area (Å²) in [6, 6.07) is 0. The van der Waals surface area contributed by atoms with Crippen molar-refractivity contribution in [3.63, 3.8) is 0 Å². The summed E-state index contributed by atoms with van der Waals surface area (Å²) >= 11 is 0. The molecule has 0 aromatic carbocycles. The zero-order valence-corrected chi connectivity index (χ0v) is 14.4. The number of ketones is 1. The van der Waals surface area contributed by atoms with Gasteiger partial charge in [0.2, 0.25) is 0 Å². The number of allylic oxidation sites excluding steroid dienone is 4. The van der Waals surface area contributed by atoms with Gasteiger partial charge in [-0.15, -0.1) is 0 Å². The lowest BCUT2D eigenvalue weighted by molar-refractivity contribution is -0.153. The van der Waals surface area contributed by atoms with Crippen molar-refractivity contribution in [2.75, 3.05) is 33.4 Å². The van der Waals surface area contributed by atoms with Crippen molar-refractivity contribution in [2.24, 2.45) is 11.8 Å². The Morgan fingerprint density at radius 2 is 2.29 bits per heavy atom. The molecule has 1 saturated carbocycles. The van der Waals surface area contributed by atoms with Gasteiger partial charge in [0.1, 0.15) is 17.5 Å². The average Bonchev–Trinajstić information content (AvgIpc) is 2.57. The van der Waals surface area contributed by atoms with Crippen molar-refractivity contribution >= 4 is 11.8 Å². The van der Waals surface area contributed by atoms with Gasteiger partial charge in [-0.2, -0.15) is 0 Å². The van der Waals surface area contributed by atoms with Crippen LogP contribution in [0.2, 0.25) is 0 Å². The fraction of sp³-hybridized carbons (Fsp3) is 0.579. The Balaban J connectivity index is 1.59. The smallest absolute Gasteiger partial charge is 0.317 e. The van der Waals surface area contributed by atoms with E-state index in [4.69, 9.17) is 9.47 Å². The number of nitrogens with zero attached hydrogens (tertiary/aromatic N) is 1. The lowest BCUT2D eigenvalue weighted by Crippen LogP contribution is -2.45. The number of hydrogen-bond acceptors (Lipinski definition) is 5. The third-order valence-corrected chi connectivity index (χ3v) is 5.08. The highest BCUT2D eigenvalue weighted by atomic mass is 16.5. The number of piperidine rings is 1. The molecule has 130 valence electrons. The van der Waals surface area contributed by atoms with Gasteiger partial charge >= 0.3 is 5.97 Å². The molecule has 0 aromatic heterocycles. The topological polar surface area (TPSA) is 55.8 Å². The molecule has 24 heavy (non-hydrogen) atoms. The summed E-state index contributed by atoms with van der Waals surface area (Å²) < 4.78 is 10.3. The van der Waals surface area contributed by atoms with Crippen molar-refractivity contribution in [1.29, 1.82) is 0 Å². The predicted molar refractivity (Wildman–Crippen MR) is 90.2 cm³/mol. The number of carbonyl (C=O) groups excluding carboxylic acids is 2. The van der Waals surface area contributed by atoms with E-state index >= 15 is 0 Å². The van der Waals surface area contributed by atoms with E-state index < -0.39 is 5.92 Å². The Morgan fingerprint density at radius 1 is 1.46 bits per heavy atom. The molecule has 1 saturated heterocycles. The number of esters is 1. The Bertz CT molecular complexity index is 617. The van der Waals surface area contributed by atoms with E-state index in [2.05, 4.69) is 23.1 Å². The molecule has 2 atom stereocenters. The quantitative estimate of drug-likeness (QED) is 0.571. The lowest BCUT2D eigenvalue weighted by atomic mass is 9.70. The molecule has 5 nitrogen and oxygen atoms in total. The maximum Gasteiger partial charge on any atom is 0.317 e. The number of hydrogen-bond donors (Lipinski definition) is 0.